The van der Waals surface area contributed by atoms with Gasteiger partial charge in [0.25, 0.3) is 5.91 Å². The van der Waals surface area contributed by atoms with E-state index >= 15 is 0 Å². The number of amides is 2. The van der Waals surface area contributed by atoms with Crippen LogP contribution < -0.4 is 10.1 Å². The van der Waals surface area contributed by atoms with Crippen molar-refractivity contribution in [1.29, 1.82) is 0 Å². The molecule has 0 saturated heterocycles. The second-order valence-electron chi connectivity index (χ2n) is 5.22. The number of methoxy groups -OCH3 is 1. The number of anilines is 1. The molecule has 0 radical (unpaired) electrons. The summed E-state index contributed by atoms with van der Waals surface area (Å²) < 4.78 is 18.8. The molecule has 1 N–H and O–H groups in total. The lowest BCUT2D eigenvalue weighted by molar-refractivity contribution is -0.116. The number of rotatable bonds is 6. The molecule has 7 heteroatoms. The smallest absolute Gasteiger partial charge is 0.255 e. The molecule has 0 aliphatic carbocycles. The maximum atomic E-state index is 13.2. The highest BCUT2D eigenvalue weighted by Gasteiger charge is 2.20. The summed E-state index contributed by atoms with van der Waals surface area (Å²) in [4.78, 5) is 26.3. The summed E-state index contributed by atoms with van der Waals surface area (Å²) in [5.74, 6) is -0.407. The van der Waals surface area contributed by atoms with Crippen molar-refractivity contribution >= 4 is 40.1 Å². The van der Waals surface area contributed by atoms with Crippen molar-refractivity contribution in [1.82, 2.24) is 4.90 Å². The topological polar surface area (TPSA) is 58.6 Å². The van der Waals surface area contributed by atoms with Crippen LogP contribution in [0.3, 0.4) is 0 Å². The van der Waals surface area contributed by atoms with Crippen molar-refractivity contribution < 1.29 is 18.7 Å². The van der Waals surface area contributed by atoms with Gasteiger partial charge in [-0.15, -0.1) is 0 Å². The molecule has 0 spiro atoms. The van der Waals surface area contributed by atoms with Crippen LogP contribution in [0.5, 0.6) is 5.75 Å². The Morgan fingerprint density at radius 1 is 1.24 bits per heavy atom. The van der Waals surface area contributed by atoms with Gasteiger partial charge in [0.1, 0.15) is 18.1 Å². The van der Waals surface area contributed by atoms with Gasteiger partial charge in [0.2, 0.25) is 5.91 Å². The zero-order valence-corrected chi connectivity index (χ0v) is 16.0. The highest BCUT2D eigenvalue weighted by Crippen LogP contribution is 2.18. The van der Waals surface area contributed by atoms with E-state index in [2.05, 4.69) is 5.32 Å². The minimum absolute atomic E-state index is 0.0972. The summed E-state index contributed by atoms with van der Waals surface area (Å²) in [5.41, 5.74) is 0.960. The molecule has 0 heterocycles. The first-order chi connectivity index (χ1) is 11.9. The Morgan fingerprint density at radius 3 is 2.64 bits per heavy atom. The first-order valence-electron chi connectivity index (χ1n) is 7.62. The van der Waals surface area contributed by atoms with Crippen molar-refractivity contribution in [3.63, 3.8) is 0 Å². The Balaban J connectivity index is 2.07. The SMILES string of the molecule is CCN(CC(=O)Nc1cccc(OC)c1)C(=O)c1ccc(F)cc1I. The molecule has 0 bridgehead atoms. The molecule has 0 unspecified atom stereocenters. The monoisotopic (exact) mass is 456 g/mol. The van der Waals surface area contributed by atoms with Crippen LogP contribution >= 0.6 is 22.6 Å². The van der Waals surface area contributed by atoms with Crippen LogP contribution in [-0.2, 0) is 4.79 Å². The molecular formula is C18H18FIN2O3. The summed E-state index contributed by atoms with van der Waals surface area (Å²) in [7, 11) is 1.54. The maximum Gasteiger partial charge on any atom is 0.255 e. The molecule has 0 aliphatic heterocycles. The quantitative estimate of drug-likeness (QED) is 0.677. The van der Waals surface area contributed by atoms with E-state index in [9.17, 15) is 14.0 Å². The molecule has 0 aromatic heterocycles. The zero-order valence-electron chi connectivity index (χ0n) is 13.9. The maximum absolute atomic E-state index is 13.2. The van der Waals surface area contributed by atoms with E-state index in [1.807, 2.05) is 22.6 Å². The molecular weight excluding hydrogens is 438 g/mol. The van der Waals surface area contributed by atoms with Crippen molar-refractivity contribution in [3.05, 3.63) is 57.4 Å². The first kappa shape index (κ1) is 19.2. The standard InChI is InChI=1S/C18H18FIN2O3/c1-3-22(18(24)15-8-7-12(19)9-16(15)20)11-17(23)21-13-5-4-6-14(10-13)25-2/h4-10H,3,11H2,1-2H3,(H,21,23). The highest BCUT2D eigenvalue weighted by molar-refractivity contribution is 14.1. The van der Waals surface area contributed by atoms with Gasteiger partial charge < -0.3 is 15.0 Å². The van der Waals surface area contributed by atoms with Crippen LogP contribution in [0.1, 0.15) is 17.3 Å². The van der Waals surface area contributed by atoms with Gasteiger partial charge in [-0.05, 0) is 59.8 Å². The number of nitrogens with zero attached hydrogens (tertiary/aromatic N) is 1. The van der Waals surface area contributed by atoms with Gasteiger partial charge in [0.15, 0.2) is 0 Å². The minimum Gasteiger partial charge on any atom is -0.497 e. The Kier molecular flexibility index (Phi) is 6.74. The Hall–Kier alpha value is -2.16. The number of likely N-dealkylation sites (N-methyl/N-ethyl adjacent to an activating group) is 1. The van der Waals surface area contributed by atoms with Gasteiger partial charge in [-0.2, -0.15) is 0 Å². The first-order valence-corrected chi connectivity index (χ1v) is 8.70. The van der Waals surface area contributed by atoms with E-state index in [-0.39, 0.29) is 18.4 Å². The molecule has 25 heavy (non-hydrogen) atoms. The molecule has 5 nitrogen and oxygen atoms in total. The summed E-state index contributed by atoms with van der Waals surface area (Å²) >= 11 is 1.91. The van der Waals surface area contributed by atoms with Gasteiger partial charge in [0.05, 0.1) is 12.7 Å². The molecule has 2 rings (SSSR count). The Labute approximate surface area is 159 Å². The molecule has 0 fully saturated rings. The van der Waals surface area contributed by atoms with Crippen LogP contribution in [0.2, 0.25) is 0 Å². The predicted octanol–water partition coefficient (Wildman–Crippen LogP) is 3.54. The number of nitrogens with one attached hydrogen (secondary N) is 1. The summed E-state index contributed by atoms with van der Waals surface area (Å²) in [6.07, 6.45) is 0. The van der Waals surface area contributed by atoms with E-state index in [4.69, 9.17) is 4.74 Å². The van der Waals surface area contributed by atoms with Crippen LogP contribution in [-0.4, -0.2) is 36.9 Å². The number of hydrogen-bond acceptors (Lipinski definition) is 3. The van der Waals surface area contributed by atoms with Crippen molar-refractivity contribution in [2.24, 2.45) is 0 Å². The predicted molar refractivity (Wildman–Crippen MR) is 102 cm³/mol. The van der Waals surface area contributed by atoms with Gasteiger partial charge in [-0.1, -0.05) is 6.07 Å². The molecule has 0 atom stereocenters. The van der Waals surface area contributed by atoms with E-state index in [1.54, 1.807) is 38.3 Å². The zero-order chi connectivity index (χ0) is 18.4. The van der Waals surface area contributed by atoms with Crippen LogP contribution in [0.15, 0.2) is 42.5 Å². The number of hydrogen-bond donors (Lipinski definition) is 1. The largest absolute Gasteiger partial charge is 0.497 e. The van der Waals surface area contributed by atoms with E-state index in [1.165, 1.54) is 23.1 Å². The third-order valence-electron chi connectivity index (χ3n) is 3.52. The lowest BCUT2D eigenvalue weighted by Crippen LogP contribution is -2.38. The lowest BCUT2D eigenvalue weighted by Gasteiger charge is -2.21. The van der Waals surface area contributed by atoms with Gasteiger partial charge in [-0.3, -0.25) is 9.59 Å². The number of benzene rings is 2. The second-order valence-corrected chi connectivity index (χ2v) is 6.39. The third kappa shape index (κ3) is 5.15. The van der Waals surface area contributed by atoms with E-state index < -0.39 is 5.82 Å². The normalized spacial score (nSPS) is 10.2. The molecule has 2 aromatic rings. The van der Waals surface area contributed by atoms with Crippen LogP contribution in [0.25, 0.3) is 0 Å². The molecule has 2 aromatic carbocycles. The number of carbonyl (C=O) groups excluding carboxylic acids is 2. The van der Waals surface area contributed by atoms with Gasteiger partial charge >= 0.3 is 0 Å². The van der Waals surface area contributed by atoms with Crippen molar-refractivity contribution in [2.75, 3.05) is 25.5 Å². The average Bonchev–Trinajstić information content (AvgIpc) is 2.59. The minimum atomic E-state index is -0.403. The Morgan fingerprint density at radius 2 is 2.00 bits per heavy atom. The van der Waals surface area contributed by atoms with Crippen LogP contribution in [0, 0.1) is 9.39 Å². The number of halogens is 2. The Bertz CT molecular complexity index is 783. The number of carbonyl (C=O) groups is 2. The number of ether oxygens (including phenoxy) is 1. The molecule has 2 amide bonds. The molecule has 0 saturated carbocycles. The molecule has 0 aliphatic rings. The van der Waals surface area contributed by atoms with E-state index in [0.29, 0.717) is 27.1 Å². The fourth-order valence-corrected chi connectivity index (χ4v) is 2.94. The fraction of sp³-hybridized carbons (Fsp3) is 0.222. The summed E-state index contributed by atoms with van der Waals surface area (Å²) in [6.45, 7) is 2.05. The highest BCUT2D eigenvalue weighted by atomic mass is 127. The van der Waals surface area contributed by atoms with Crippen molar-refractivity contribution in [2.45, 2.75) is 6.92 Å². The summed E-state index contributed by atoms with van der Waals surface area (Å²) in [6, 6.07) is 10.9. The summed E-state index contributed by atoms with van der Waals surface area (Å²) in [5, 5.41) is 2.74. The second kappa shape index (κ2) is 8.80. The van der Waals surface area contributed by atoms with Crippen LogP contribution in [0.4, 0.5) is 10.1 Å². The third-order valence-corrected chi connectivity index (χ3v) is 4.41. The molecule has 132 valence electrons. The van der Waals surface area contributed by atoms with Gasteiger partial charge in [-0.25, -0.2) is 4.39 Å². The van der Waals surface area contributed by atoms with Crippen molar-refractivity contribution in [3.8, 4) is 5.75 Å². The fourth-order valence-electron chi connectivity index (χ4n) is 2.24. The van der Waals surface area contributed by atoms with Gasteiger partial charge in [0, 0.05) is 21.9 Å². The average molecular weight is 456 g/mol. The van der Waals surface area contributed by atoms with E-state index in [0.717, 1.165) is 0 Å². The lowest BCUT2D eigenvalue weighted by atomic mass is 10.2.